The van der Waals surface area contributed by atoms with E-state index in [1.807, 2.05) is 4.90 Å². The second-order valence-electron chi connectivity index (χ2n) is 4.19. The molecule has 1 amide bonds. The van der Waals surface area contributed by atoms with E-state index in [1.165, 1.54) is 0 Å². The van der Waals surface area contributed by atoms with Crippen molar-refractivity contribution >= 4 is 5.91 Å². The molecule has 0 aromatic carbocycles. The van der Waals surface area contributed by atoms with Crippen LogP contribution in [0, 0.1) is 5.92 Å². The number of hydrogen-bond acceptors (Lipinski definition) is 4. The summed E-state index contributed by atoms with van der Waals surface area (Å²) in [6.07, 6.45) is 0. The molecule has 2 N–H and O–H groups in total. The zero-order chi connectivity index (χ0) is 12.4. The van der Waals surface area contributed by atoms with Crippen LogP contribution < -0.4 is 5.32 Å². The summed E-state index contributed by atoms with van der Waals surface area (Å²) in [5.74, 6) is 0.451. The third kappa shape index (κ3) is 8.64. The molecular weight excluding hydrogens is 208 g/mol. The van der Waals surface area contributed by atoms with Gasteiger partial charge in [-0.2, -0.15) is 0 Å². The zero-order valence-electron chi connectivity index (χ0n) is 10.5. The first-order valence-electron chi connectivity index (χ1n) is 5.69. The van der Waals surface area contributed by atoms with Crippen LogP contribution in [0.15, 0.2) is 0 Å². The number of methoxy groups -OCH3 is 1. The van der Waals surface area contributed by atoms with E-state index in [4.69, 9.17) is 9.84 Å². The largest absolute Gasteiger partial charge is 0.395 e. The topological polar surface area (TPSA) is 61.8 Å². The van der Waals surface area contributed by atoms with Crippen LogP contribution in [0.5, 0.6) is 0 Å². The van der Waals surface area contributed by atoms with Crippen molar-refractivity contribution < 1.29 is 14.6 Å². The Morgan fingerprint density at radius 1 is 1.44 bits per heavy atom. The van der Waals surface area contributed by atoms with Gasteiger partial charge in [0.05, 0.1) is 19.8 Å². The minimum Gasteiger partial charge on any atom is -0.395 e. The first-order chi connectivity index (χ1) is 7.60. The molecular formula is C11H24N2O3. The predicted octanol–water partition coefficient (Wildman–Crippen LogP) is -0.301. The molecule has 5 nitrogen and oxygen atoms in total. The van der Waals surface area contributed by atoms with Crippen molar-refractivity contribution in [1.82, 2.24) is 10.2 Å². The molecule has 0 spiro atoms. The second-order valence-corrected chi connectivity index (χ2v) is 4.19. The van der Waals surface area contributed by atoms with Crippen molar-refractivity contribution in [2.24, 2.45) is 5.92 Å². The van der Waals surface area contributed by atoms with Gasteiger partial charge in [0.15, 0.2) is 0 Å². The molecule has 0 saturated carbocycles. The summed E-state index contributed by atoms with van der Waals surface area (Å²) in [6, 6.07) is 0. The Labute approximate surface area is 97.8 Å². The number of carbonyl (C=O) groups excluding carboxylic acids is 1. The number of rotatable bonds is 9. The van der Waals surface area contributed by atoms with E-state index in [2.05, 4.69) is 19.2 Å². The van der Waals surface area contributed by atoms with E-state index in [9.17, 15) is 4.79 Å². The van der Waals surface area contributed by atoms with Gasteiger partial charge >= 0.3 is 0 Å². The lowest BCUT2D eigenvalue weighted by molar-refractivity contribution is -0.122. The molecule has 0 atom stereocenters. The first kappa shape index (κ1) is 15.3. The van der Waals surface area contributed by atoms with Crippen LogP contribution in [-0.4, -0.2) is 62.4 Å². The zero-order valence-corrected chi connectivity index (χ0v) is 10.5. The van der Waals surface area contributed by atoms with Crippen molar-refractivity contribution in [3.8, 4) is 0 Å². The number of nitrogens with one attached hydrogen (secondary N) is 1. The van der Waals surface area contributed by atoms with Crippen molar-refractivity contribution in [2.75, 3.05) is 46.5 Å². The van der Waals surface area contributed by atoms with E-state index >= 15 is 0 Å². The molecule has 96 valence electrons. The van der Waals surface area contributed by atoms with Crippen LogP contribution in [0.1, 0.15) is 13.8 Å². The lowest BCUT2D eigenvalue weighted by atomic mass is 10.2. The van der Waals surface area contributed by atoms with Gasteiger partial charge in [-0.15, -0.1) is 0 Å². The molecule has 0 rings (SSSR count). The Balaban J connectivity index is 3.82. The first-order valence-corrected chi connectivity index (χ1v) is 5.69. The number of nitrogens with zero attached hydrogens (tertiary/aromatic N) is 1. The normalized spacial score (nSPS) is 11.1. The molecule has 5 heteroatoms. The number of aliphatic hydroxyl groups is 1. The number of aliphatic hydroxyl groups excluding tert-OH is 1. The fourth-order valence-corrected chi connectivity index (χ4v) is 1.21. The smallest absolute Gasteiger partial charge is 0.234 e. The van der Waals surface area contributed by atoms with Gasteiger partial charge in [-0.3, -0.25) is 9.69 Å². The van der Waals surface area contributed by atoms with Gasteiger partial charge in [-0.05, 0) is 5.92 Å². The Bertz CT molecular complexity index is 186. The molecule has 0 aliphatic rings. The number of amides is 1. The molecule has 0 unspecified atom stereocenters. The van der Waals surface area contributed by atoms with Gasteiger partial charge in [0, 0.05) is 26.7 Å². The molecule has 0 aromatic heterocycles. The maximum Gasteiger partial charge on any atom is 0.234 e. The Morgan fingerprint density at radius 3 is 2.62 bits per heavy atom. The average molecular weight is 232 g/mol. The molecule has 0 aromatic rings. The number of carbonyl (C=O) groups is 1. The van der Waals surface area contributed by atoms with Crippen LogP contribution in [0.25, 0.3) is 0 Å². The molecule has 0 aliphatic heterocycles. The van der Waals surface area contributed by atoms with Gasteiger partial charge in [-0.1, -0.05) is 13.8 Å². The SMILES string of the molecule is COCCN(CCO)CC(=O)NCC(C)C. The van der Waals surface area contributed by atoms with E-state index in [0.717, 1.165) is 0 Å². The highest BCUT2D eigenvalue weighted by Crippen LogP contribution is 1.90. The van der Waals surface area contributed by atoms with Gasteiger partial charge < -0.3 is 15.2 Å². The summed E-state index contributed by atoms with van der Waals surface area (Å²) in [5.41, 5.74) is 0. The summed E-state index contributed by atoms with van der Waals surface area (Å²) in [5, 5.41) is 11.7. The highest BCUT2D eigenvalue weighted by Gasteiger charge is 2.09. The van der Waals surface area contributed by atoms with Gasteiger partial charge in [-0.25, -0.2) is 0 Å². The average Bonchev–Trinajstić information content (AvgIpc) is 2.23. The third-order valence-corrected chi connectivity index (χ3v) is 2.10. The van der Waals surface area contributed by atoms with Crippen molar-refractivity contribution in [1.29, 1.82) is 0 Å². The number of ether oxygens (including phenoxy) is 1. The molecule has 0 bridgehead atoms. The van der Waals surface area contributed by atoms with E-state index in [0.29, 0.717) is 38.7 Å². The van der Waals surface area contributed by atoms with Crippen LogP contribution in [0.4, 0.5) is 0 Å². The van der Waals surface area contributed by atoms with Crippen LogP contribution in [-0.2, 0) is 9.53 Å². The van der Waals surface area contributed by atoms with Crippen LogP contribution in [0.3, 0.4) is 0 Å². The Morgan fingerprint density at radius 2 is 2.12 bits per heavy atom. The summed E-state index contributed by atoms with van der Waals surface area (Å²) in [7, 11) is 1.62. The summed E-state index contributed by atoms with van der Waals surface area (Å²) in [4.78, 5) is 13.4. The van der Waals surface area contributed by atoms with E-state index in [-0.39, 0.29) is 12.5 Å². The van der Waals surface area contributed by atoms with Crippen LogP contribution >= 0.6 is 0 Å². The minimum atomic E-state index is -0.00162. The fourth-order valence-electron chi connectivity index (χ4n) is 1.21. The third-order valence-electron chi connectivity index (χ3n) is 2.10. The molecule has 16 heavy (non-hydrogen) atoms. The number of hydrogen-bond donors (Lipinski definition) is 2. The monoisotopic (exact) mass is 232 g/mol. The Kier molecular flexibility index (Phi) is 9.18. The van der Waals surface area contributed by atoms with Gasteiger partial charge in [0.25, 0.3) is 0 Å². The van der Waals surface area contributed by atoms with Crippen molar-refractivity contribution in [2.45, 2.75) is 13.8 Å². The van der Waals surface area contributed by atoms with Gasteiger partial charge in [0.1, 0.15) is 0 Å². The quantitative estimate of drug-likeness (QED) is 0.573. The van der Waals surface area contributed by atoms with E-state index < -0.39 is 0 Å². The molecule has 0 aliphatic carbocycles. The maximum atomic E-state index is 11.5. The Hall–Kier alpha value is -0.650. The summed E-state index contributed by atoms with van der Waals surface area (Å²) < 4.78 is 4.94. The fraction of sp³-hybridized carbons (Fsp3) is 0.909. The summed E-state index contributed by atoms with van der Waals surface area (Å²) in [6.45, 7) is 6.89. The molecule has 0 radical (unpaired) electrons. The second kappa shape index (κ2) is 9.57. The molecule has 0 saturated heterocycles. The lowest BCUT2D eigenvalue weighted by Crippen LogP contribution is -2.41. The standard InChI is InChI=1S/C11H24N2O3/c1-10(2)8-12-11(15)9-13(4-6-14)5-7-16-3/h10,14H,4-9H2,1-3H3,(H,12,15). The lowest BCUT2D eigenvalue weighted by Gasteiger charge is -2.20. The van der Waals surface area contributed by atoms with Crippen molar-refractivity contribution in [3.63, 3.8) is 0 Å². The predicted molar refractivity (Wildman–Crippen MR) is 63.2 cm³/mol. The highest BCUT2D eigenvalue weighted by molar-refractivity contribution is 5.77. The van der Waals surface area contributed by atoms with E-state index in [1.54, 1.807) is 7.11 Å². The molecule has 0 fully saturated rings. The summed E-state index contributed by atoms with van der Waals surface area (Å²) >= 11 is 0. The van der Waals surface area contributed by atoms with Crippen molar-refractivity contribution in [3.05, 3.63) is 0 Å². The minimum absolute atomic E-state index is 0.00162. The highest BCUT2D eigenvalue weighted by atomic mass is 16.5. The maximum absolute atomic E-state index is 11.5. The van der Waals surface area contributed by atoms with Crippen LogP contribution in [0.2, 0.25) is 0 Å². The van der Waals surface area contributed by atoms with Gasteiger partial charge in [0.2, 0.25) is 5.91 Å². The molecule has 0 heterocycles.